The summed E-state index contributed by atoms with van der Waals surface area (Å²) >= 11 is 6.16. The highest BCUT2D eigenvalue weighted by Crippen LogP contribution is 2.19. The number of halogens is 1. The Hall–Kier alpha value is -0.720. The van der Waals surface area contributed by atoms with Crippen LogP contribution in [-0.2, 0) is 11.2 Å². The highest BCUT2D eigenvalue weighted by atomic mass is 35.5. The monoisotopic (exact) mass is 298 g/mol. The number of hydrazine groups is 1. The fourth-order valence-corrected chi connectivity index (χ4v) is 2.71. The van der Waals surface area contributed by atoms with Gasteiger partial charge in [-0.25, -0.2) is 0 Å². The molecule has 1 aromatic rings. The van der Waals surface area contributed by atoms with Crippen molar-refractivity contribution in [1.82, 2.24) is 15.3 Å². The van der Waals surface area contributed by atoms with Gasteiger partial charge in [-0.3, -0.25) is 21.2 Å². The number of hydrogen-bond donors (Lipinski definition) is 2. The van der Waals surface area contributed by atoms with E-state index in [1.807, 2.05) is 6.07 Å². The van der Waals surface area contributed by atoms with Crippen molar-refractivity contribution in [2.75, 3.05) is 19.7 Å². The maximum atomic E-state index is 6.16. The van der Waals surface area contributed by atoms with Crippen molar-refractivity contribution in [3.05, 3.63) is 29.0 Å². The zero-order valence-electron chi connectivity index (χ0n) is 12.1. The summed E-state index contributed by atoms with van der Waals surface area (Å²) < 4.78 is 5.88. The van der Waals surface area contributed by atoms with E-state index in [0.717, 1.165) is 31.7 Å². The van der Waals surface area contributed by atoms with Crippen LogP contribution < -0.4 is 11.3 Å². The van der Waals surface area contributed by atoms with Crippen LogP contribution in [0.25, 0.3) is 0 Å². The molecule has 1 aliphatic rings. The summed E-state index contributed by atoms with van der Waals surface area (Å²) in [6, 6.07) is 2.48. The van der Waals surface area contributed by atoms with E-state index < -0.39 is 0 Å². The molecule has 0 radical (unpaired) electrons. The topological polar surface area (TPSA) is 63.4 Å². The van der Waals surface area contributed by atoms with Crippen LogP contribution in [0.4, 0.5) is 0 Å². The molecule has 1 aromatic heterocycles. The van der Waals surface area contributed by atoms with E-state index in [1.54, 1.807) is 12.4 Å². The van der Waals surface area contributed by atoms with Crippen molar-refractivity contribution in [1.29, 1.82) is 0 Å². The average Bonchev–Trinajstić information content (AvgIpc) is 2.46. The molecule has 0 saturated carbocycles. The van der Waals surface area contributed by atoms with E-state index in [-0.39, 0.29) is 12.1 Å². The highest BCUT2D eigenvalue weighted by molar-refractivity contribution is 6.31. The molecule has 2 atom stereocenters. The quantitative estimate of drug-likeness (QED) is 0.632. The zero-order chi connectivity index (χ0) is 14.5. The highest BCUT2D eigenvalue weighted by Gasteiger charge is 2.29. The fraction of sp³-hybridized carbons (Fsp3) is 0.643. The molecular formula is C14H23ClN4O. The van der Waals surface area contributed by atoms with Gasteiger partial charge in [-0.1, -0.05) is 11.6 Å². The maximum absolute atomic E-state index is 6.16. The summed E-state index contributed by atoms with van der Waals surface area (Å²) in [5.41, 5.74) is 3.91. The minimum absolute atomic E-state index is 0.0384. The Morgan fingerprint density at radius 1 is 1.60 bits per heavy atom. The third-order valence-electron chi connectivity index (χ3n) is 3.81. The normalized spacial score (nSPS) is 22.1. The largest absolute Gasteiger partial charge is 0.374 e. The molecule has 6 heteroatoms. The smallest absolute Gasteiger partial charge is 0.0872 e. The van der Waals surface area contributed by atoms with Crippen molar-refractivity contribution < 1.29 is 4.74 Å². The standard InChI is InChI=1S/C14H23ClN4O/c1-10(2)19-5-6-20-14(9-19)13(18-16)7-11-3-4-17-8-12(11)15/h3-4,8,10,13-14,18H,5-7,9,16H2,1-2H3. The lowest BCUT2D eigenvalue weighted by molar-refractivity contribution is -0.0552. The molecule has 1 saturated heterocycles. The average molecular weight is 299 g/mol. The van der Waals surface area contributed by atoms with Crippen molar-refractivity contribution in [2.24, 2.45) is 5.84 Å². The molecular weight excluding hydrogens is 276 g/mol. The summed E-state index contributed by atoms with van der Waals surface area (Å²) in [5, 5.41) is 0.671. The van der Waals surface area contributed by atoms with Gasteiger partial charge in [0.2, 0.25) is 0 Å². The van der Waals surface area contributed by atoms with Gasteiger partial charge in [-0.2, -0.15) is 0 Å². The SMILES string of the molecule is CC(C)N1CCOC(C(Cc2ccncc2Cl)NN)C1. The number of nitrogens with one attached hydrogen (secondary N) is 1. The Bertz CT molecular complexity index is 429. The van der Waals surface area contributed by atoms with Crippen molar-refractivity contribution in [2.45, 2.75) is 38.5 Å². The molecule has 0 aliphatic carbocycles. The summed E-state index contributed by atoms with van der Waals surface area (Å²) in [4.78, 5) is 6.41. The first-order valence-corrected chi connectivity index (χ1v) is 7.39. The molecule has 2 rings (SSSR count). The number of morpholine rings is 1. The first-order valence-electron chi connectivity index (χ1n) is 7.02. The Morgan fingerprint density at radius 2 is 2.40 bits per heavy atom. The molecule has 0 bridgehead atoms. The minimum atomic E-state index is 0.0384. The summed E-state index contributed by atoms with van der Waals surface area (Å²) in [5.74, 6) is 5.72. The van der Waals surface area contributed by atoms with Crippen molar-refractivity contribution in [3.8, 4) is 0 Å². The van der Waals surface area contributed by atoms with Crippen LogP contribution in [0.3, 0.4) is 0 Å². The van der Waals surface area contributed by atoms with Gasteiger partial charge >= 0.3 is 0 Å². The van der Waals surface area contributed by atoms with Gasteiger partial charge in [0.05, 0.1) is 23.8 Å². The van der Waals surface area contributed by atoms with E-state index in [1.165, 1.54) is 0 Å². The third-order valence-corrected chi connectivity index (χ3v) is 4.15. The van der Waals surface area contributed by atoms with E-state index in [2.05, 4.69) is 29.2 Å². The molecule has 112 valence electrons. The predicted octanol–water partition coefficient (Wildman–Crippen LogP) is 1.22. The molecule has 1 aliphatic heterocycles. The first kappa shape index (κ1) is 15.7. The van der Waals surface area contributed by atoms with Crippen LogP contribution in [0.5, 0.6) is 0 Å². The third kappa shape index (κ3) is 3.90. The van der Waals surface area contributed by atoms with Gasteiger partial charge in [-0.15, -0.1) is 0 Å². The lowest BCUT2D eigenvalue weighted by atomic mass is 10.0. The van der Waals surface area contributed by atoms with Gasteiger partial charge in [0.15, 0.2) is 0 Å². The second-order valence-electron chi connectivity index (χ2n) is 5.44. The molecule has 1 fully saturated rings. The zero-order valence-corrected chi connectivity index (χ0v) is 12.8. The van der Waals surface area contributed by atoms with Crippen LogP contribution in [0.2, 0.25) is 5.02 Å². The van der Waals surface area contributed by atoms with Crippen LogP contribution in [0.1, 0.15) is 19.4 Å². The van der Waals surface area contributed by atoms with E-state index in [0.29, 0.717) is 11.1 Å². The predicted molar refractivity (Wildman–Crippen MR) is 80.5 cm³/mol. The second-order valence-corrected chi connectivity index (χ2v) is 5.85. The molecule has 0 aromatic carbocycles. The fourth-order valence-electron chi connectivity index (χ4n) is 2.51. The first-order chi connectivity index (χ1) is 9.61. The van der Waals surface area contributed by atoms with Crippen molar-refractivity contribution in [3.63, 3.8) is 0 Å². The summed E-state index contributed by atoms with van der Waals surface area (Å²) in [6.07, 6.45) is 4.21. The molecule has 2 heterocycles. The molecule has 3 N–H and O–H groups in total. The number of nitrogens with zero attached hydrogens (tertiary/aromatic N) is 2. The van der Waals surface area contributed by atoms with Crippen LogP contribution in [0, 0.1) is 0 Å². The second kappa shape index (κ2) is 7.33. The number of rotatable bonds is 5. The number of hydrogen-bond acceptors (Lipinski definition) is 5. The van der Waals surface area contributed by atoms with Gasteiger partial charge < -0.3 is 4.74 Å². The lowest BCUT2D eigenvalue weighted by Gasteiger charge is -2.38. The maximum Gasteiger partial charge on any atom is 0.0872 e. The van der Waals surface area contributed by atoms with E-state index in [9.17, 15) is 0 Å². The molecule has 20 heavy (non-hydrogen) atoms. The Balaban J connectivity index is 2.03. The Kier molecular flexibility index (Phi) is 5.74. The molecule has 0 amide bonds. The van der Waals surface area contributed by atoms with Gasteiger partial charge in [-0.05, 0) is 31.9 Å². The minimum Gasteiger partial charge on any atom is -0.374 e. The lowest BCUT2D eigenvalue weighted by Crippen LogP contribution is -2.56. The summed E-state index contributed by atoms with van der Waals surface area (Å²) in [6.45, 7) is 7.00. The Morgan fingerprint density at radius 3 is 3.05 bits per heavy atom. The number of pyridine rings is 1. The van der Waals surface area contributed by atoms with Crippen LogP contribution >= 0.6 is 11.6 Å². The van der Waals surface area contributed by atoms with Crippen molar-refractivity contribution >= 4 is 11.6 Å². The summed E-state index contributed by atoms with van der Waals surface area (Å²) in [7, 11) is 0. The number of aromatic nitrogens is 1. The molecule has 0 spiro atoms. The number of nitrogens with two attached hydrogens (primary N) is 1. The Labute approximate surface area is 125 Å². The molecule has 5 nitrogen and oxygen atoms in total. The van der Waals surface area contributed by atoms with Gasteiger partial charge in [0.25, 0.3) is 0 Å². The number of ether oxygens (including phenoxy) is 1. The van der Waals surface area contributed by atoms with Crippen LogP contribution in [0.15, 0.2) is 18.5 Å². The van der Waals surface area contributed by atoms with Gasteiger partial charge in [0, 0.05) is 31.5 Å². The van der Waals surface area contributed by atoms with Crippen LogP contribution in [-0.4, -0.2) is 47.8 Å². The van der Waals surface area contributed by atoms with E-state index in [4.69, 9.17) is 22.2 Å². The van der Waals surface area contributed by atoms with Gasteiger partial charge in [0.1, 0.15) is 0 Å². The van der Waals surface area contributed by atoms with E-state index >= 15 is 0 Å². The molecule has 2 unspecified atom stereocenters.